The van der Waals surface area contributed by atoms with Gasteiger partial charge in [-0.05, 0) is 62.2 Å². The number of aromatic nitrogens is 1. The molecule has 0 bridgehead atoms. The van der Waals surface area contributed by atoms with E-state index >= 15 is 0 Å². The topological polar surface area (TPSA) is 71.5 Å². The molecular weight excluding hydrogens is 458 g/mol. The number of carbonyl (C=O) groups excluding carboxylic acids is 2. The van der Waals surface area contributed by atoms with Gasteiger partial charge in [0.1, 0.15) is 18.9 Å². The number of nitrogens with one attached hydrogen (secondary N) is 1. The molecule has 2 aromatic carbocycles. The average molecular weight is 484 g/mol. The lowest BCUT2D eigenvalue weighted by atomic mass is 10.2. The Kier molecular flexibility index (Phi) is 8.63. The van der Waals surface area contributed by atoms with Crippen LogP contribution in [0.3, 0.4) is 0 Å². The van der Waals surface area contributed by atoms with Gasteiger partial charge in [0.15, 0.2) is 0 Å². The predicted octanol–water partition coefficient (Wildman–Crippen LogP) is 5.49. The van der Waals surface area contributed by atoms with E-state index in [9.17, 15) is 9.59 Å². The molecule has 0 aliphatic carbocycles. The first-order valence-electron chi connectivity index (χ1n) is 10.5. The quantitative estimate of drug-likeness (QED) is 0.408. The number of hydrogen-bond acceptors (Lipinski definition) is 5. The van der Waals surface area contributed by atoms with Gasteiger partial charge in [-0.2, -0.15) is 0 Å². The molecule has 0 saturated carbocycles. The number of thiazole rings is 1. The third-order valence-electron chi connectivity index (χ3n) is 4.85. The largest absolute Gasteiger partial charge is 0.487 e. The molecule has 0 atom stereocenters. The Balaban J connectivity index is 1.53. The minimum absolute atomic E-state index is 0.0471. The van der Waals surface area contributed by atoms with Crippen molar-refractivity contribution in [3.05, 3.63) is 80.8 Å². The van der Waals surface area contributed by atoms with Crippen LogP contribution in [0.2, 0.25) is 5.02 Å². The van der Waals surface area contributed by atoms with Crippen LogP contribution in [0.15, 0.2) is 53.9 Å². The average Bonchev–Trinajstić information content (AvgIpc) is 3.22. The first-order chi connectivity index (χ1) is 15.8. The minimum Gasteiger partial charge on any atom is -0.487 e. The van der Waals surface area contributed by atoms with Gasteiger partial charge in [0, 0.05) is 28.7 Å². The highest BCUT2D eigenvalue weighted by Gasteiger charge is 2.14. The molecule has 8 heteroatoms. The van der Waals surface area contributed by atoms with Crippen LogP contribution >= 0.6 is 22.9 Å². The highest BCUT2D eigenvalue weighted by atomic mass is 35.5. The zero-order valence-corrected chi connectivity index (χ0v) is 20.4. The van der Waals surface area contributed by atoms with Gasteiger partial charge in [-0.1, -0.05) is 29.8 Å². The standard InChI is InChI=1S/C25H26ClN3O3S/c1-4-29(14-24(30)28-23-13-20(26)9-5-17(23)2)25(31)12-8-19-6-10-22(11-7-19)32-15-21-16-33-18(3)27-21/h5-13,16H,4,14-15H2,1-3H3,(H,28,30)/b12-8+. The number of rotatable bonds is 9. The monoisotopic (exact) mass is 483 g/mol. The molecule has 0 saturated heterocycles. The molecule has 1 aromatic heterocycles. The maximum atomic E-state index is 12.6. The van der Waals surface area contributed by atoms with Crippen LogP contribution in [-0.4, -0.2) is 34.8 Å². The van der Waals surface area contributed by atoms with Crippen LogP contribution in [0.25, 0.3) is 6.08 Å². The van der Waals surface area contributed by atoms with E-state index in [0.29, 0.717) is 23.9 Å². The SMILES string of the molecule is CCN(CC(=O)Nc1cc(Cl)ccc1C)C(=O)/C=C/c1ccc(OCc2csc(C)n2)cc1. The zero-order chi connectivity index (χ0) is 23.8. The third-order valence-corrected chi connectivity index (χ3v) is 5.91. The predicted molar refractivity (Wildman–Crippen MR) is 134 cm³/mol. The molecule has 2 amide bonds. The van der Waals surface area contributed by atoms with Crippen LogP contribution in [0.1, 0.15) is 28.8 Å². The molecule has 172 valence electrons. The van der Waals surface area contributed by atoms with Gasteiger partial charge in [-0.15, -0.1) is 11.3 Å². The van der Waals surface area contributed by atoms with Crippen molar-refractivity contribution < 1.29 is 14.3 Å². The smallest absolute Gasteiger partial charge is 0.247 e. The molecule has 0 radical (unpaired) electrons. The maximum absolute atomic E-state index is 12.6. The fourth-order valence-corrected chi connectivity index (χ4v) is 3.79. The van der Waals surface area contributed by atoms with Crippen molar-refractivity contribution in [1.82, 2.24) is 9.88 Å². The molecule has 33 heavy (non-hydrogen) atoms. The maximum Gasteiger partial charge on any atom is 0.247 e. The van der Waals surface area contributed by atoms with E-state index in [1.165, 1.54) is 11.0 Å². The number of hydrogen-bond donors (Lipinski definition) is 1. The summed E-state index contributed by atoms with van der Waals surface area (Å²) in [6.07, 6.45) is 3.19. The van der Waals surface area contributed by atoms with E-state index in [0.717, 1.165) is 27.6 Å². The Morgan fingerprint density at radius 3 is 2.61 bits per heavy atom. The van der Waals surface area contributed by atoms with Crippen LogP contribution in [-0.2, 0) is 16.2 Å². The molecule has 0 aliphatic heterocycles. The van der Waals surface area contributed by atoms with Crippen LogP contribution in [0, 0.1) is 13.8 Å². The second-order valence-electron chi connectivity index (χ2n) is 7.41. The number of nitrogens with zero attached hydrogens (tertiary/aromatic N) is 2. The summed E-state index contributed by atoms with van der Waals surface area (Å²) >= 11 is 7.60. The number of amides is 2. The van der Waals surface area contributed by atoms with Gasteiger partial charge in [0.2, 0.25) is 11.8 Å². The van der Waals surface area contributed by atoms with Gasteiger partial charge in [0.25, 0.3) is 0 Å². The highest BCUT2D eigenvalue weighted by molar-refractivity contribution is 7.09. The van der Waals surface area contributed by atoms with Gasteiger partial charge < -0.3 is 15.0 Å². The number of aryl methyl sites for hydroxylation is 2. The lowest BCUT2D eigenvalue weighted by Crippen LogP contribution is -2.37. The molecule has 1 heterocycles. The summed E-state index contributed by atoms with van der Waals surface area (Å²) in [5, 5.41) is 6.35. The van der Waals surface area contributed by atoms with E-state index in [2.05, 4.69) is 10.3 Å². The first-order valence-corrected chi connectivity index (χ1v) is 11.8. The Morgan fingerprint density at radius 2 is 1.94 bits per heavy atom. The summed E-state index contributed by atoms with van der Waals surface area (Å²) in [7, 11) is 0. The molecule has 0 unspecified atom stereocenters. The lowest BCUT2D eigenvalue weighted by molar-refractivity contribution is -0.130. The van der Waals surface area contributed by atoms with Gasteiger partial charge in [0.05, 0.1) is 10.7 Å². The van der Waals surface area contributed by atoms with Crippen molar-refractivity contribution in [3.8, 4) is 5.75 Å². The van der Waals surface area contributed by atoms with E-state index in [1.807, 2.05) is 56.5 Å². The van der Waals surface area contributed by atoms with Gasteiger partial charge in [-0.25, -0.2) is 4.98 Å². The summed E-state index contributed by atoms with van der Waals surface area (Å²) in [5.41, 5.74) is 3.30. The fraction of sp³-hybridized carbons (Fsp3) is 0.240. The summed E-state index contributed by atoms with van der Waals surface area (Å²) in [6, 6.07) is 12.7. The van der Waals surface area contributed by atoms with E-state index in [-0.39, 0.29) is 18.4 Å². The normalized spacial score (nSPS) is 10.9. The Hall–Kier alpha value is -3.16. The summed E-state index contributed by atoms with van der Waals surface area (Å²) in [4.78, 5) is 30.9. The second kappa shape index (κ2) is 11.6. The van der Waals surface area contributed by atoms with Gasteiger partial charge >= 0.3 is 0 Å². The van der Waals surface area contributed by atoms with Crippen molar-refractivity contribution in [2.24, 2.45) is 0 Å². The van der Waals surface area contributed by atoms with Crippen molar-refractivity contribution in [2.75, 3.05) is 18.4 Å². The Bertz CT molecular complexity index is 1140. The third kappa shape index (κ3) is 7.44. The molecular formula is C25H26ClN3O3S. The van der Waals surface area contributed by atoms with Crippen molar-refractivity contribution in [3.63, 3.8) is 0 Å². The Morgan fingerprint density at radius 1 is 1.18 bits per heavy atom. The summed E-state index contributed by atoms with van der Waals surface area (Å²) in [5.74, 6) is 0.211. The molecule has 0 aliphatic rings. The van der Waals surface area contributed by atoms with E-state index in [1.54, 1.807) is 29.5 Å². The van der Waals surface area contributed by atoms with Crippen LogP contribution in [0.4, 0.5) is 5.69 Å². The second-order valence-corrected chi connectivity index (χ2v) is 8.91. The fourth-order valence-electron chi connectivity index (χ4n) is 3.02. The molecule has 6 nitrogen and oxygen atoms in total. The van der Waals surface area contributed by atoms with Crippen molar-refractivity contribution >= 4 is 46.5 Å². The highest BCUT2D eigenvalue weighted by Crippen LogP contribution is 2.20. The lowest BCUT2D eigenvalue weighted by Gasteiger charge is -2.19. The number of likely N-dealkylation sites (N-methyl/N-ethyl adjacent to an activating group) is 1. The number of halogens is 1. The van der Waals surface area contributed by atoms with Crippen LogP contribution in [0.5, 0.6) is 5.75 Å². The Labute approximate surface area is 202 Å². The summed E-state index contributed by atoms with van der Waals surface area (Å²) < 4.78 is 5.74. The van der Waals surface area contributed by atoms with E-state index < -0.39 is 0 Å². The van der Waals surface area contributed by atoms with E-state index in [4.69, 9.17) is 16.3 Å². The number of benzene rings is 2. The summed E-state index contributed by atoms with van der Waals surface area (Å²) in [6.45, 7) is 6.46. The number of carbonyl (C=O) groups is 2. The molecule has 3 rings (SSSR count). The van der Waals surface area contributed by atoms with Gasteiger partial charge in [-0.3, -0.25) is 9.59 Å². The minimum atomic E-state index is -0.277. The van der Waals surface area contributed by atoms with Crippen molar-refractivity contribution in [1.29, 1.82) is 0 Å². The molecule has 3 aromatic rings. The first kappa shape index (κ1) is 24.5. The van der Waals surface area contributed by atoms with Crippen LogP contribution < -0.4 is 10.1 Å². The molecule has 1 N–H and O–H groups in total. The number of ether oxygens (including phenoxy) is 1. The van der Waals surface area contributed by atoms with Crippen molar-refractivity contribution in [2.45, 2.75) is 27.4 Å². The molecule has 0 spiro atoms. The number of anilines is 1. The zero-order valence-electron chi connectivity index (χ0n) is 18.8. The molecule has 0 fully saturated rings.